The summed E-state index contributed by atoms with van der Waals surface area (Å²) in [7, 11) is -0.0197. The number of hydrogen-bond acceptors (Lipinski definition) is 2. The molecule has 11 heavy (non-hydrogen) atoms. The van der Waals surface area contributed by atoms with Gasteiger partial charge in [-0.1, -0.05) is 13.8 Å². The Morgan fingerprint density at radius 3 is 2.09 bits per heavy atom. The first-order chi connectivity index (χ1) is 5.10. The standard InChI is InChI=1S/C6H13BO2.C2H6/c1-6(2)4-5-8-7(3)9-6;1-2/h4-5H2,1-3H3;1-2H3. The predicted molar refractivity (Wildman–Crippen MR) is 48.7 cm³/mol. The highest BCUT2D eigenvalue weighted by Gasteiger charge is 2.29. The van der Waals surface area contributed by atoms with Crippen molar-refractivity contribution in [3.05, 3.63) is 0 Å². The fourth-order valence-corrected chi connectivity index (χ4v) is 1.01. The van der Waals surface area contributed by atoms with Crippen molar-refractivity contribution in [2.75, 3.05) is 6.61 Å². The number of rotatable bonds is 0. The minimum absolute atomic E-state index is 0.0197. The summed E-state index contributed by atoms with van der Waals surface area (Å²) in [5, 5.41) is 0. The summed E-state index contributed by atoms with van der Waals surface area (Å²) in [6.07, 6.45) is 0.997. The first-order valence-corrected chi connectivity index (χ1v) is 4.40. The van der Waals surface area contributed by atoms with Crippen LogP contribution in [0.25, 0.3) is 0 Å². The van der Waals surface area contributed by atoms with Crippen LogP contribution in [0.15, 0.2) is 0 Å². The normalized spacial score (nSPS) is 22.1. The molecular formula is C8H19BO2. The first-order valence-electron chi connectivity index (χ1n) is 4.40. The van der Waals surface area contributed by atoms with Crippen LogP contribution < -0.4 is 0 Å². The molecular weight excluding hydrogens is 139 g/mol. The summed E-state index contributed by atoms with van der Waals surface area (Å²) in [5.41, 5.74) is 0.0255. The van der Waals surface area contributed by atoms with E-state index >= 15 is 0 Å². The molecule has 3 heteroatoms. The molecule has 0 spiro atoms. The van der Waals surface area contributed by atoms with Crippen LogP contribution in [-0.2, 0) is 9.31 Å². The van der Waals surface area contributed by atoms with Crippen LogP contribution in [0.5, 0.6) is 0 Å². The van der Waals surface area contributed by atoms with E-state index in [2.05, 4.69) is 13.8 Å². The van der Waals surface area contributed by atoms with Crippen molar-refractivity contribution in [1.82, 2.24) is 0 Å². The van der Waals surface area contributed by atoms with E-state index in [1.54, 1.807) is 0 Å². The SMILES string of the molecule is CB1OCCC(C)(C)O1.CC. The highest BCUT2D eigenvalue weighted by molar-refractivity contribution is 6.42. The molecule has 0 radical (unpaired) electrons. The summed E-state index contributed by atoms with van der Waals surface area (Å²) in [4.78, 5) is 0. The van der Waals surface area contributed by atoms with E-state index < -0.39 is 0 Å². The van der Waals surface area contributed by atoms with Crippen LogP contribution in [0.2, 0.25) is 6.82 Å². The molecule has 1 heterocycles. The lowest BCUT2D eigenvalue weighted by atomic mass is 9.88. The smallest absolute Gasteiger partial charge is 0.411 e. The summed E-state index contributed by atoms with van der Waals surface area (Å²) in [5.74, 6) is 0. The molecule has 0 aromatic heterocycles. The lowest BCUT2D eigenvalue weighted by molar-refractivity contribution is 0.00759. The second-order valence-electron chi connectivity index (χ2n) is 3.07. The molecule has 2 nitrogen and oxygen atoms in total. The van der Waals surface area contributed by atoms with Crippen molar-refractivity contribution >= 4 is 7.12 Å². The second kappa shape index (κ2) is 4.78. The van der Waals surface area contributed by atoms with Gasteiger partial charge in [0.15, 0.2) is 0 Å². The van der Waals surface area contributed by atoms with Crippen LogP contribution in [0, 0.1) is 0 Å². The van der Waals surface area contributed by atoms with Gasteiger partial charge in [0.25, 0.3) is 0 Å². The molecule has 0 N–H and O–H groups in total. The molecule has 66 valence electrons. The van der Waals surface area contributed by atoms with Crippen LogP contribution in [0.4, 0.5) is 0 Å². The van der Waals surface area contributed by atoms with Crippen molar-refractivity contribution in [3.63, 3.8) is 0 Å². The van der Waals surface area contributed by atoms with Gasteiger partial charge < -0.3 is 9.31 Å². The highest BCUT2D eigenvalue weighted by atomic mass is 16.6. The van der Waals surface area contributed by atoms with Crippen LogP contribution in [0.1, 0.15) is 34.1 Å². The van der Waals surface area contributed by atoms with Crippen molar-refractivity contribution in [1.29, 1.82) is 0 Å². The Balaban J connectivity index is 0.000000461. The predicted octanol–water partition coefficient (Wildman–Crippen LogP) is 2.35. The van der Waals surface area contributed by atoms with E-state index in [0.29, 0.717) is 0 Å². The Kier molecular flexibility index (Phi) is 4.77. The van der Waals surface area contributed by atoms with Gasteiger partial charge in [-0.3, -0.25) is 0 Å². The molecule has 0 aromatic carbocycles. The molecule has 0 unspecified atom stereocenters. The molecule has 1 aliphatic rings. The van der Waals surface area contributed by atoms with Gasteiger partial charge >= 0.3 is 7.12 Å². The van der Waals surface area contributed by atoms with Crippen molar-refractivity contribution in [2.45, 2.75) is 46.5 Å². The fraction of sp³-hybridized carbons (Fsp3) is 1.00. The lowest BCUT2D eigenvalue weighted by Crippen LogP contribution is -2.40. The molecule has 0 bridgehead atoms. The van der Waals surface area contributed by atoms with Crippen molar-refractivity contribution in [2.24, 2.45) is 0 Å². The maximum atomic E-state index is 5.45. The van der Waals surface area contributed by atoms with Gasteiger partial charge in [-0.15, -0.1) is 0 Å². The average Bonchev–Trinajstić information content (AvgIpc) is 1.89. The zero-order chi connectivity index (χ0) is 8.91. The molecule has 1 fully saturated rings. The second-order valence-corrected chi connectivity index (χ2v) is 3.07. The molecule has 0 aromatic rings. The lowest BCUT2D eigenvalue weighted by Gasteiger charge is -2.32. The quantitative estimate of drug-likeness (QED) is 0.503. The third-order valence-corrected chi connectivity index (χ3v) is 1.54. The molecule has 0 aliphatic carbocycles. The topological polar surface area (TPSA) is 18.5 Å². The van der Waals surface area contributed by atoms with E-state index in [4.69, 9.17) is 9.31 Å². The Morgan fingerprint density at radius 1 is 1.27 bits per heavy atom. The monoisotopic (exact) mass is 158 g/mol. The van der Waals surface area contributed by atoms with E-state index in [-0.39, 0.29) is 12.7 Å². The van der Waals surface area contributed by atoms with Gasteiger partial charge in [-0.05, 0) is 27.1 Å². The van der Waals surface area contributed by atoms with Gasteiger partial charge in [-0.2, -0.15) is 0 Å². The molecule has 0 amide bonds. The van der Waals surface area contributed by atoms with E-state index in [1.165, 1.54) is 0 Å². The van der Waals surface area contributed by atoms with Crippen molar-refractivity contribution < 1.29 is 9.31 Å². The Bertz CT molecular complexity index is 104. The van der Waals surface area contributed by atoms with Gasteiger partial charge in [0, 0.05) is 6.61 Å². The van der Waals surface area contributed by atoms with Crippen molar-refractivity contribution in [3.8, 4) is 0 Å². The maximum absolute atomic E-state index is 5.45. The molecule has 1 aliphatic heterocycles. The minimum atomic E-state index is -0.0197. The molecule has 1 rings (SSSR count). The summed E-state index contributed by atoms with van der Waals surface area (Å²) in [6, 6.07) is 0. The van der Waals surface area contributed by atoms with Crippen LogP contribution in [0.3, 0.4) is 0 Å². The number of hydrogen-bond donors (Lipinski definition) is 0. The molecule has 0 saturated carbocycles. The Morgan fingerprint density at radius 2 is 1.82 bits per heavy atom. The highest BCUT2D eigenvalue weighted by Crippen LogP contribution is 2.20. The minimum Gasteiger partial charge on any atom is -0.411 e. The zero-order valence-electron chi connectivity index (χ0n) is 8.31. The first kappa shape index (κ1) is 11.0. The Hall–Kier alpha value is -0.0151. The van der Waals surface area contributed by atoms with Gasteiger partial charge in [-0.25, -0.2) is 0 Å². The molecule has 0 atom stereocenters. The third kappa shape index (κ3) is 4.43. The summed E-state index contributed by atoms with van der Waals surface area (Å²) in [6.45, 7) is 10.9. The maximum Gasteiger partial charge on any atom is 0.453 e. The van der Waals surface area contributed by atoms with E-state index in [1.807, 2.05) is 20.7 Å². The largest absolute Gasteiger partial charge is 0.453 e. The summed E-state index contributed by atoms with van der Waals surface area (Å²) < 4.78 is 10.6. The van der Waals surface area contributed by atoms with Gasteiger partial charge in [0.2, 0.25) is 0 Å². The van der Waals surface area contributed by atoms with Gasteiger partial charge in [0.1, 0.15) is 0 Å². The van der Waals surface area contributed by atoms with E-state index in [0.717, 1.165) is 13.0 Å². The summed E-state index contributed by atoms with van der Waals surface area (Å²) >= 11 is 0. The third-order valence-electron chi connectivity index (χ3n) is 1.54. The van der Waals surface area contributed by atoms with Crippen LogP contribution >= 0.6 is 0 Å². The average molecular weight is 158 g/mol. The Labute approximate surface area is 70.4 Å². The molecule has 1 saturated heterocycles. The fourth-order valence-electron chi connectivity index (χ4n) is 1.01. The van der Waals surface area contributed by atoms with Crippen LogP contribution in [-0.4, -0.2) is 19.3 Å². The van der Waals surface area contributed by atoms with E-state index in [9.17, 15) is 0 Å². The van der Waals surface area contributed by atoms with Gasteiger partial charge in [0.05, 0.1) is 5.60 Å². The zero-order valence-corrected chi connectivity index (χ0v) is 8.31.